The highest BCUT2D eigenvalue weighted by Gasteiger charge is 2.05. The molecule has 46 heavy (non-hydrogen) atoms. The van der Waals surface area contributed by atoms with Crippen molar-refractivity contribution < 1.29 is 47.4 Å². The van der Waals surface area contributed by atoms with Crippen LogP contribution in [0.2, 0.25) is 0 Å². The number of pyridine rings is 2. The fourth-order valence-electron chi connectivity index (χ4n) is 4.18. The number of hydrogen-bond acceptors (Lipinski definition) is 12. The molecular weight excluding hydrogens is 596 g/mol. The van der Waals surface area contributed by atoms with Crippen molar-refractivity contribution in [2.75, 3.05) is 106 Å². The fourth-order valence-corrected chi connectivity index (χ4v) is 4.18. The predicted molar refractivity (Wildman–Crippen MR) is 169 cm³/mol. The van der Waals surface area contributed by atoms with E-state index in [2.05, 4.69) is 9.97 Å². The summed E-state index contributed by atoms with van der Waals surface area (Å²) >= 11 is 0. The van der Waals surface area contributed by atoms with Gasteiger partial charge in [-0.3, -0.25) is 9.97 Å². The standard InChI is InChI=1S/C34H46N2O10/c1-2-32-4-3-31(1)45-23-21-41-15-13-37-9-11-39-17-19-43-27-29-5-7-35-33(25-29)34-26-30(6-8-36-34)28-44-20-18-40-12-10-38-14-16-42-22-24-46-32/h1-8,25-26H,9-24,27-28H2. The number of rotatable bonds is 0. The molecule has 2 aliphatic heterocycles. The van der Waals surface area contributed by atoms with Gasteiger partial charge in [-0.2, -0.15) is 0 Å². The van der Waals surface area contributed by atoms with Crippen molar-refractivity contribution in [1.82, 2.24) is 9.97 Å². The van der Waals surface area contributed by atoms with Crippen LogP contribution >= 0.6 is 0 Å². The molecule has 0 unspecified atom stereocenters. The van der Waals surface area contributed by atoms with Crippen molar-refractivity contribution in [1.29, 1.82) is 0 Å². The van der Waals surface area contributed by atoms with Crippen LogP contribution in [0.25, 0.3) is 11.4 Å². The maximum atomic E-state index is 5.78. The topological polar surface area (TPSA) is 118 Å². The van der Waals surface area contributed by atoms with Crippen LogP contribution in [-0.4, -0.2) is 116 Å². The molecule has 6 bridgehead atoms. The maximum absolute atomic E-state index is 5.78. The van der Waals surface area contributed by atoms with Crippen LogP contribution in [0.15, 0.2) is 60.9 Å². The van der Waals surface area contributed by atoms with E-state index in [9.17, 15) is 0 Å². The molecule has 12 nitrogen and oxygen atoms in total. The normalized spacial score (nSPS) is 18.7. The molecule has 5 rings (SSSR count). The number of fused-ring (bicyclic) bond motifs is 28. The van der Waals surface area contributed by atoms with Crippen molar-refractivity contribution in [3.8, 4) is 22.9 Å². The van der Waals surface area contributed by atoms with Crippen molar-refractivity contribution in [2.24, 2.45) is 0 Å². The number of aromatic nitrogens is 2. The zero-order chi connectivity index (χ0) is 31.7. The third-order valence-electron chi connectivity index (χ3n) is 6.50. The van der Waals surface area contributed by atoms with Gasteiger partial charge in [0.2, 0.25) is 0 Å². The molecule has 2 aromatic heterocycles. The highest BCUT2D eigenvalue weighted by atomic mass is 16.6. The Balaban J connectivity index is 1.16. The summed E-state index contributed by atoms with van der Waals surface area (Å²) in [5.41, 5.74) is 3.58. The van der Waals surface area contributed by atoms with E-state index in [0.717, 1.165) is 34.0 Å². The number of nitrogens with zero attached hydrogens (tertiary/aromatic N) is 2. The van der Waals surface area contributed by atoms with E-state index in [-0.39, 0.29) is 0 Å². The molecule has 0 saturated heterocycles. The highest BCUT2D eigenvalue weighted by Crippen LogP contribution is 2.19. The van der Waals surface area contributed by atoms with Gasteiger partial charge in [-0.1, -0.05) is 0 Å². The first-order chi connectivity index (χ1) is 22.9. The van der Waals surface area contributed by atoms with E-state index >= 15 is 0 Å². The smallest absolute Gasteiger partial charge is 0.119 e. The van der Waals surface area contributed by atoms with Crippen LogP contribution < -0.4 is 9.47 Å². The molecule has 1 aromatic carbocycles. The first kappa shape index (κ1) is 35.7. The Morgan fingerprint density at radius 1 is 0.348 bits per heavy atom. The Hall–Kier alpha value is -3.20. The van der Waals surface area contributed by atoms with Crippen LogP contribution in [0.5, 0.6) is 11.5 Å². The molecule has 0 aliphatic carbocycles. The zero-order valence-corrected chi connectivity index (χ0v) is 26.5. The molecule has 0 fully saturated rings. The maximum Gasteiger partial charge on any atom is 0.119 e. The van der Waals surface area contributed by atoms with Gasteiger partial charge in [0, 0.05) is 12.4 Å². The Morgan fingerprint density at radius 2 is 0.652 bits per heavy atom. The van der Waals surface area contributed by atoms with Gasteiger partial charge in [0.1, 0.15) is 24.7 Å². The third-order valence-corrected chi connectivity index (χ3v) is 6.50. The van der Waals surface area contributed by atoms with E-state index in [4.69, 9.17) is 47.4 Å². The molecule has 4 heterocycles. The summed E-state index contributed by atoms with van der Waals surface area (Å²) < 4.78 is 56.5. The number of benzene rings is 1. The zero-order valence-electron chi connectivity index (χ0n) is 26.5. The lowest BCUT2D eigenvalue weighted by Gasteiger charge is -2.10. The summed E-state index contributed by atoms with van der Waals surface area (Å²) in [5, 5.41) is 0. The van der Waals surface area contributed by atoms with Gasteiger partial charge in [0.25, 0.3) is 0 Å². The van der Waals surface area contributed by atoms with Gasteiger partial charge in [-0.05, 0) is 59.7 Å². The second-order valence-corrected chi connectivity index (χ2v) is 10.0. The van der Waals surface area contributed by atoms with Crippen molar-refractivity contribution in [3.63, 3.8) is 0 Å². The van der Waals surface area contributed by atoms with Gasteiger partial charge in [-0.15, -0.1) is 0 Å². The SMILES string of the molecule is c1cc2cc(n1)-c1cc(ccn1)COCCOCCOCCOCCOc1ccc(cc1)OCCOCCOCCOCCOC2. The second kappa shape index (κ2) is 23.2. The average molecular weight is 643 g/mol. The van der Waals surface area contributed by atoms with E-state index in [0.29, 0.717) is 119 Å². The molecule has 252 valence electrons. The Bertz CT molecular complexity index is 1110. The third kappa shape index (κ3) is 15.4. The summed E-state index contributed by atoms with van der Waals surface area (Å²) in [5.74, 6) is 1.51. The molecule has 0 saturated carbocycles. The number of hydrogen-bond donors (Lipinski definition) is 0. The van der Waals surface area contributed by atoms with E-state index < -0.39 is 0 Å². The first-order valence-electron chi connectivity index (χ1n) is 15.7. The Kier molecular flexibility index (Phi) is 18.0. The summed E-state index contributed by atoms with van der Waals surface area (Å²) in [6.45, 7) is 8.62. The molecule has 2 aliphatic rings. The molecule has 0 N–H and O–H groups in total. The summed E-state index contributed by atoms with van der Waals surface area (Å²) in [7, 11) is 0. The first-order valence-corrected chi connectivity index (χ1v) is 15.7. The van der Waals surface area contributed by atoms with Crippen LogP contribution in [0, 0.1) is 0 Å². The van der Waals surface area contributed by atoms with Crippen molar-refractivity contribution >= 4 is 0 Å². The molecule has 0 atom stereocenters. The van der Waals surface area contributed by atoms with Crippen LogP contribution in [0.4, 0.5) is 0 Å². The minimum Gasteiger partial charge on any atom is -0.491 e. The fraction of sp³-hybridized carbons (Fsp3) is 0.529. The second-order valence-electron chi connectivity index (χ2n) is 10.0. The summed E-state index contributed by atoms with van der Waals surface area (Å²) in [6, 6.07) is 15.3. The van der Waals surface area contributed by atoms with Gasteiger partial charge < -0.3 is 47.4 Å². The lowest BCUT2D eigenvalue weighted by Crippen LogP contribution is -2.14. The quantitative estimate of drug-likeness (QED) is 0.333. The van der Waals surface area contributed by atoms with Crippen LogP contribution in [-0.2, 0) is 51.1 Å². The monoisotopic (exact) mass is 642 g/mol. The minimum atomic E-state index is 0.449. The Morgan fingerprint density at radius 3 is 1.00 bits per heavy atom. The van der Waals surface area contributed by atoms with E-state index in [1.54, 1.807) is 12.4 Å². The molecule has 0 spiro atoms. The molecule has 12 heteroatoms. The lowest BCUT2D eigenvalue weighted by molar-refractivity contribution is -0.00670. The van der Waals surface area contributed by atoms with E-state index in [1.807, 2.05) is 48.5 Å². The summed E-state index contributed by atoms with van der Waals surface area (Å²) in [4.78, 5) is 8.98. The van der Waals surface area contributed by atoms with Gasteiger partial charge in [0.05, 0.1) is 117 Å². The number of ether oxygens (including phenoxy) is 10. The lowest BCUT2D eigenvalue weighted by atomic mass is 10.1. The van der Waals surface area contributed by atoms with Crippen molar-refractivity contribution in [3.05, 3.63) is 72.1 Å². The average Bonchev–Trinajstić information content (AvgIpc) is 3.09. The van der Waals surface area contributed by atoms with E-state index in [1.165, 1.54) is 0 Å². The largest absolute Gasteiger partial charge is 0.491 e. The van der Waals surface area contributed by atoms with Crippen LogP contribution in [0.1, 0.15) is 11.1 Å². The van der Waals surface area contributed by atoms with Crippen molar-refractivity contribution in [2.45, 2.75) is 13.2 Å². The van der Waals surface area contributed by atoms with Crippen LogP contribution in [0.3, 0.4) is 0 Å². The van der Waals surface area contributed by atoms with Gasteiger partial charge in [0.15, 0.2) is 0 Å². The Labute approximate surface area is 271 Å². The molecule has 0 amide bonds. The molecular formula is C34H46N2O10. The molecule has 0 radical (unpaired) electrons. The van der Waals surface area contributed by atoms with Gasteiger partial charge in [-0.25, -0.2) is 0 Å². The molecule has 3 aromatic rings. The predicted octanol–water partition coefficient (Wildman–Crippen LogP) is 3.75. The summed E-state index contributed by atoms with van der Waals surface area (Å²) in [6.07, 6.45) is 3.53. The van der Waals surface area contributed by atoms with Gasteiger partial charge >= 0.3 is 0 Å². The highest BCUT2D eigenvalue weighted by molar-refractivity contribution is 5.55. The minimum absolute atomic E-state index is 0.449.